The molecule has 3 heterocycles. The van der Waals surface area contributed by atoms with Gasteiger partial charge in [0, 0.05) is 31.1 Å². The topological polar surface area (TPSA) is 108 Å². The number of anilines is 1. The summed E-state index contributed by atoms with van der Waals surface area (Å²) in [5.74, 6) is -0.504. The zero-order valence-electron chi connectivity index (χ0n) is 19.4. The monoisotopic (exact) mass is 475 g/mol. The van der Waals surface area contributed by atoms with Crippen molar-refractivity contribution >= 4 is 35.2 Å². The maximum Gasteiger partial charge on any atom is 0.248 e. The molecule has 3 aliphatic heterocycles. The molecule has 3 unspecified atom stereocenters. The van der Waals surface area contributed by atoms with Crippen molar-refractivity contribution < 1.29 is 24.2 Å². The van der Waals surface area contributed by atoms with E-state index in [4.69, 9.17) is 9.84 Å². The van der Waals surface area contributed by atoms with Crippen molar-refractivity contribution in [1.82, 2.24) is 10.2 Å². The van der Waals surface area contributed by atoms with E-state index in [2.05, 4.69) is 17.6 Å². The molecule has 1 spiro atoms. The van der Waals surface area contributed by atoms with Gasteiger partial charge in [-0.05, 0) is 55.9 Å². The van der Waals surface area contributed by atoms with E-state index in [0.717, 1.165) is 12.8 Å². The highest BCUT2D eigenvalue weighted by molar-refractivity contribution is 8.02. The van der Waals surface area contributed by atoms with Gasteiger partial charge in [0.05, 0.1) is 23.7 Å². The van der Waals surface area contributed by atoms with Crippen LogP contribution in [-0.2, 0) is 14.4 Å². The minimum atomic E-state index is -0.647. The second kappa shape index (κ2) is 9.54. The normalized spacial score (nSPS) is 32.1. The zero-order valence-corrected chi connectivity index (χ0v) is 20.2. The van der Waals surface area contributed by atoms with Gasteiger partial charge in [0.25, 0.3) is 0 Å². The molecule has 0 radical (unpaired) electrons. The second-order valence-corrected chi connectivity index (χ2v) is 10.7. The molecule has 8 nitrogen and oxygen atoms in total. The van der Waals surface area contributed by atoms with Crippen LogP contribution in [0.4, 0.5) is 5.69 Å². The lowest BCUT2D eigenvalue weighted by atomic mass is 9.66. The van der Waals surface area contributed by atoms with Crippen LogP contribution >= 0.6 is 11.8 Å². The number of hydrogen-bond donors (Lipinski definition) is 3. The summed E-state index contributed by atoms with van der Waals surface area (Å²) in [7, 11) is 3.19. The third-order valence-corrected chi connectivity index (χ3v) is 9.53. The van der Waals surface area contributed by atoms with E-state index < -0.39 is 22.6 Å². The van der Waals surface area contributed by atoms with E-state index in [1.54, 1.807) is 55.1 Å². The van der Waals surface area contributed by atoms with Crippen molar-refractivity contribution in [2.24, 2.45) is 17.8 Å². The first-order valence-corrected chi connectivity index (χ1v) is 12.5. The standard InChI is InChI=1S/C24H33N3O5S/c1-14-13-17-18(21(29)25-2)19-23(31)27(11-5-4-6-12-28)20(24(14,19)33-17)22(30)26-15-7-9-16(32-3)10-8-15/h7-10,14,17-20,28H,4-6,11-13H2,1-3H3,(H,25,29)(H,26,30)/t14?,17-,18+,19+,20?,24?/m1/s1. The molecule has 1 aromatic carbocycles. The summed E-state index contributed by atoms with van der Waals surface area (Å²) in [5.41, 5.74) is 0.640. The van der Waals surface area contributed by atoms with Crippen molar-refractivity contribution in [2.45, 2.75) is 48.6 Å². The van der Waals surface area contributed by atoms with Crippen LogP contribution in [0.15, 0.2) is 24.3 Å². The molecule has 2 bridgehead atoms. The Morgan fingerprint density at radius 2 is 1.94 bits per heavy atom. The fourth-order valence-electron chi connectivity index (χ4n) is 5.98. The molecule has 1 aromatic rings. The van der Waals surface area contributed by atoms with E-state index in [0.29, 0.717) is 30.8 Å². The number of fused-ring (bicyclic) bond motifs is 1. The molecular weight excluding hydrogens is 442 g/mol. The van der Waals surface area contributed by atoms with Crippen LogP contribution in [0.3, 0.4) is 0 Å². The van der Waals surface area contributed by atoms with Gasteiger partial charge in [-0.15, -0.1) is 11.8 Å². The van der Waals surface area contributed by atoms with Gasteiger partial charge in [-0.2, -0.15) is 0 Å². The number of nitrogens with one attached hydrogen (secondary N) is 2. The summed E-state index contributed by atoms with van der Waals surface area (Å²) in [4.78, 5) is 42.0. The minimum absolute atomic E-state index is 0.0433. The molecule has 3 saturated heterocycles. The summed E-state index contributed by atoms with van der Waals surface area (Å²) in [5, 5.41) is 14.9. The number of benzene rings is 1. The van der Waals surface area contributed by atoms with Crippen LogP contribution in [0.2, 0.25) is 0 Å². The van der Waals surface area contributed by atoms with Crippen LogP contribution in [0.25, 0.3) is 0 Å². The number of thioether (sulfide) groups is 1. The average molecular weight is 476 g/mol. The molecular formula is C24H33N3O5S. The summed E-state index contributed by atoms with van der Waals surface area (Å²) < 4.78 is 4.58. The van der Waals surface area contributed by atoms with Crippen molar-refractivity contribution in [1.29, 1.82) is 0 Å². The molecule has 3 fully saturated rings. The number of unbranched alkanes of at least 4 members (excludes halogenated alkanes) is 2. The number of ether oxygens (including phenoxy) is 1. The summed E-state index contributed by atoms with van der Waals surface area (Å²) in [6.07, 6.45) is 2.95. The lowest BCUT2D eigenvalue weighted by Crippen LogP contribution is -2.55. The first kappa shape index (κ1) is 23.9. The van der Waals surface area contributed by atoms with E-state index >= 15 is 0 Å². The van der Waals surface area contributed by atoms with E-state index in [-0.39, 0.29) is 35.5 Å². The van der Waals surface area contributed by atoms with E-state index in [1.807, 2.05) is 0 Å². The maximum atomic E-state index is 13.7. The van der Waals surface area contributed by atoms with Gasteiger partial charge in [-0.25, -0.2) is 0 Å². The Labute approximate surface area is 198 Å². The van der Waals surface area contributed by atoms with Gasteiger partial charge in [0.1, 0.15) is 11.8 Å². The zero-order chi connectivity index (χ0) is 23.8. The Balaban J connectivity index is 1.66. The molecule has 0 saturated carbocycles. The van der Waals surface area contributed by atoms with Gasteiger partial charge in [-0.1, -0.05) is 6.92 Å². The number of amides is 3. The van der Waals surface area contributed by atoms with Gasteiger partial charge in [0.15, 0.2) is 0 Å². The van der Waals surface area contributed by atoms with E-state index in [1.165, 1.54) is 0 Å². The molecule has 0 aliphatic carbocycles. The second-order valence-electron chi connectivity index (χ2n) is 9.20. The molecule has 3 aliphatic rings. The molecule has 0 aromatic heterocycles. The fraction of sp³-hybridized carbons (Fsp3) is 0.625. The van der Waals surface area contributed by atoms with Gasteiger partial charge in [-0.3, -0.25) is 14.4 Å². The number of methoxy groups -OCH3 is 1. The number of aliphatic hydroxyl groups excluding tert-OH is 1. The van der Waals surface area contributed by atoms with Crippen LogP contribution < -0.4 is 15.4 Å². The summed E-state index contributed by atoms with van der Waals surface area (Å²) in [6.45, 7) is 2.65. The highest BCUT2D eigenvalue weighted by Crippen LogP contribution is 2.68. The van der Waals surface area contributed by atoms with Crippen LogP contribution in [0.1, 0.15) is 32.6 Å². The van der Waals surface area contributed by atoms with Crippen molar-refractivity contribution in [3.05, 3.63) is 24.3 Å². The Bertz CT molecular complexity index is 910. The first-order chi connectivity index (χ1) is 15.9. The largest absolute Gasteiger partial charge is 0.497 e. The molecule has 4 rings (SSSR count). The molecule has 180 valence electrons. The summed E-state index contributed by atoms with van der Waals surface area (Å²) >= 11 is 1.67. The van der Waals surface area contributed by atoms with Gasteiger partial charge >= 0.3 is 0 Å². The first-order valence-electron chi connectivity index (χ1n) is 11.6. The van der Waals surface area contributed by atoms with Gasteiger partial charge < -0.3 is 25.4 Å². The average Bonchev–Trinajstić information content (AvgIpc) is 3.40. The van der Waals surface area contributed by atoms with Crippen molar-refractivity contribution in [3.63, 3.8) is 0 Å². The van der Waals surface area contributed by atoms with Crippen LogP contribution in [0, 0.1) is 17.8 Å². The predicted molar refractivity (Wildman–Crippen MR) is 127 cm³/mol. The quantitative estimate of drug-likeness (QED) is 0.471. The molecule has 3 N–H and O–H groups in total. The van der Waals surface area contributed by atoms with Gasteiger partial charge in [0.2, 0.25) is 17.7 Å². The van der Waals surface area contributed by atoms with Crippen LogP contribution in [0.5, 0.6) is 5.75 Å². The lowest BCUT2D eigenvalue weighted by Gasteiger charge is -2.38. The Kier molecular flexibility index (Phi) is 6.91. The minimum Gasteiger partial charge on any atom is -0.497 e. The Hall–Kier alpha value is -2.26. The number of rotatable bonds is 9. The van der Waals surface area contributed by atoms with Crippen molar-refractivity contribution in [3.8, 4) is 5.75 Å². The third kappa shape index (κ3) is 3.89. The number of likely N-dealkylation sites (tertiary alicyclic amines) is 1. The summed E-state index contributed by atoms with van der Waals surface area (Å²) in [6, 6.07) is 6.48. The number of carbonyl (C=O) groups is 3. The Morgan fingerprint density at radius 1 is 1.21 bits per heavy atom. The van der Waals surface area contributed by atoms with E-state index in [9.17, 15) is 14.4 Å². The van der Waals surface area contributed by atoms with Crippen LogP contribution in [-0.4, -0.2) is 71.1 Å². The molecule has 33 heavy (non-hydrogen) atoms. The number of carbonyl (C=O) groups excluding carboxylic acids is 3. The highest BCUT2D eigenvalue weighted by atomic mass is 32.2. The number of aliphatic hydroxyl groups is 1. The SMILES string of the molecule is CNC(=O)[C@@H]1[C@H]2C(=O)N(CCCCCO)C(C(=O)Nc3ccc(OC)cc3)C23S[C@@H]1CC3C. The lowest BCUT2D eigenvalue weighted by molar-refractivity contribution is -0.139. The molecule has 3 amide bonds. The fourth-order valence-corrected chi connectivity index (χ4v) is 8.40. The van der Waals surface area contributed by atoms with Crippen molar-refractivity contribution in [2.75, 3.05) is 32.6 Å². The number of nitrogens with zero attached hydrogens (tertiary/aromatic N) is 1. The smallest absolute Gasteiger partial charge is 0.248 e. The third-order valence-electron chi connectivity index (χ3n) is 7.46. The molecule has 9 heteroatoms. The predicted octanol–water partition coefficient (Wildman–Crippen LogP) is 1.88. The number of hydrogen-bond acceptors (Lipinski definition) is 6. The molecule has 6 atom stereocenters. The highest BCUT2D eigenvalue weighted by Gasteiger charge is 2.75. The maximum absolute atomic E-state index is 13.7. The Morgan fingerprint density at radius 3 is 2.58 bits per heavy atom.